The first-order chi connectivity index (χ1) is 8.91. The molecule has 2 heterocycles. The second-order valence-electron chi connectivity index (χ2n) is 5.30. The van der Waals surface area contributed by atoms with Crippen molar-refractivity contribution >= 4 is 28.6 Å². The van der Waals surface area contributed by atoms with Crippen LogP contribution in [0.4, 0.5) is 4.79 Å². The zero-order chi connectivity index (χ0) is 14.2. The van der Waals surface area contributed by atoms with Gasteiger partial charge in [-0.1, -0.05) is 13.8 Å². The lowest BCUT2D eigenvalue weighted by Gasteiger charge is -2.38. The minimum Gasteiger partial charge on any atom is -0.277 e. The summed E-state index contributed by atoms with van der Waals surface area (Å²) in [6.45, 7) is 3.57. The van der Waals surface area contributed by atoms with Gasteiger partial charge in [0.15, 0.2) is 0 Å². The summed E-state index contributed by atoms with van der Waals surface area (Å²) >= 11 is 0. The van der Waals surface area contributed by atoms with Crippen molar-refractivity contribution in [1.29, 1.82) is 0 Å². The molecule has 0 aromatic rings. The van der Waals surface area contributed by atoms with Crippen LogP contribution in [-0.2, 0) is 20.4 Å². The second-order valence-corrected chi connectivity index (χ2v) is 7.00. The fourth-order valence-electron chi connectivity index (χ4n) is 2.58. The number of carbonyl (C=O) groups is 3. The number of urea groups is 1. The number of rotatable bonds is 2. The Labute approximate surface area is 114 Å². The number of imide groups is 2. The van der Waals surface area contributed by atoms with Gasteiger partial charge in [0.2, 0.25) is 11.8 Å². The summed E-state index contributed by atoms with van der Waals surface area (Å²) in [4.78, 5) is 37.1. The van der Waals surface area contributed by atoms with Gasteiger partial charge in [0.1, 0.15) is 5.92 Å². The van der Waals surface area contributed by atoms with E-state index < -0.39 is 34.6 Å². The van der Waals surface area contributed by atoms with E-state index in [0.717, 1.165) is 0 Å². The molecule has 2 aliphatic heterocycles. The fraction of sp³-hybridized carbons (Fsp3) is 0.750. The van der Waals surface area contributed by atoms with Crippen LogP contribution in [0.2, 0.25) is 0 Å². The van der Waals surface area contributed by atoms with E-state index >= 15 is 0 Å². The molecule has 0 aromatic carbocycles. The number of hydrogen-bond donors (Lipinski definition) is 1. The zero-order valence-electron chi connectivity index (χ0n) is 11.0. The highest BCUT2D eigenvalue weighted by Crippen LogP contribution is 2.24. The molecule has 2 aliphatic rings. The van der Waals surface area contributed by atoms with Crippen molar-refractivity contribution in [2.45, 2.75) is 32.7 Å². The van der Waals surface area contributed by atoms with Crippen LogP contribution >= 0.6 is 0 Å². The first kappa shape index (κ1) is 14.2. The van der Waals surface area contributed by atoms with Crippen molar-refractivity contribution < 1.29 is 18.6 Å². The Morgan fingerprint density at radius 2 is 1.79 bits per heavy atom. The van der Waals surface area contributed by atoms with Crippen molar-refractivity contribution in [1.82, 2.24) is 10.2 Å². The molecule has 0 aromatic heterocycles. The molecule has 0 saturated carbocycles. The van der Waals surface area contributed by atoms with Crippen molar-refractivity contribution in [2.24, 2.45) is 11.8 Å². The third-order valence-corrected chi connectivity index (χ3v) is 5.01. The highest BCUT2D eigenvalue weighted by molar-refractivity contribution is 7.85. The molecule has 1 unspecified atom stereocenters. The lowest BCUT2D eigenvalue weighted by molar-refractivity contribution is -0.146. The zero-order valence-corrected chi connectivity index (χ0v) is 11.9. The summed E-state index contributed by atoms with van der Waals surface area (Å²) < 4.78 is 11.3. The fourth-order valence-corrected chi connectivity index (χ4v) is 3.85. The van der Waals surface area contributed by atoms with Gasteiger partial charge in [0, 0.05) is 28.3 Å². The Balaban J connectivity index is 2.19. The third-order valence-electron chi connectivity index (χ3n) is 3.62. The Bertz CT molecular complexity index is 439. The molecule has 0 spiro atoms. The second kappa shape index (κ2) is 5.40. The minimum atomic E-state index is -0.849. The first-order valence-electron chi connectivity index (χ1n) is 6.44. The maximum atomic E-state index is 12.3. The summed E-state index contributed by atoms with van der Waals surface area (Å²) in [5, 5.41) is 2.25. The Hall–Kier alpha value is -1.24. The van der Waals surface area contributed by atoms with Crippen molar-refractivity contribution in [3.63, 3.8) is 0 Å². The lowest BCUT2D eigenvalue weighted by atomic mass is 9.91. The van der Waals surface area contributed by atoms with E-state index in [9.17, 15) is 18.6 Å². The molecule has 2 saturated heterocycles. The molecule has 6 nitrogen and oxygen atoms in total. The normalized spacial score (nSPS) is 32.7. The van der Waals surface area contributed by atoms with Gasteiger partial charge in [0.05, 0.1) is 0 Å². The number of amides is 4. The molecule has 0 radical (unpaired) electrons. The molecule has 1 N–H and O–H groups in total. The van der Waals surface area contributed by atoms with Crippen LogP contribution in [0.15, 0.2) is 0 Å². The van der Waals surface area contributed by atoms with Crippen LogP contribution in [0.25, 0.3) is 0 Å². The van der Waals surface area contributed by atoms with Gasteiger partial charge < -0.3 is 0 Å². The first-order valence-corrected chi connectivity index (χ1v) is 7.93. The van der Waals surface area contributed by atoms with Gasteiger partial charge in [-0.3, -0.25) is 24.0 Å². The van der Waals surface area contributed by atoms with E-state index in [1.165, 1.54) is 4.90 Å². The minimum absolute atomic E-state index is 0.152. The topological polar surface area (TPSA) is 83.6 Å². The summed E-state index contributed by atoms with van der Waals surface area (Å²) in [6, 6.07) is -0.871. The highest BCUT2D eigenvalue weighted by atomic mass is 32.2. The van der Waals surface area contributed by atoms with E-state index in [2.05, 4.69) is 5.32 Å². The largest absolute Gasteiger partial charge is 0.331 e. The van der Waals surface area contributed by atoms with Crippen molar-refractivity contribution in [3.8, 4) is 0 Å². The number of nitrogens with zero attached hydrogens (tertiary/aromatic N) is 1. The summed E-state index contributed by atoms with van der Waals surface area (Å²) in [5.74, 6) is -0.877. The monoisotopic (exact) mass is 286 g/mol. The molecule has 106 valence electrons. The molecule has 0 aliphatic carbocycles. The molecular weight excluding hydrogens is 268 g/mol. The van der Waals surface area contributed by atoms with Crippen molar-refractivity contribution in [2.75, 3.05) is 11.5 Å². The highest BCUT2D eigenvalue weighted by Gasteiger charge is 2.45. The number of hydrogen-bond acceptors (Lipinski definition) is 4. The third kappa shape index (κ3) is 2.70. The molecule has 19 heavy (non-hydrogen) atoms. The van der Waals surface area contributed by atoms with Crippen LogP contribution in [0.5, 0.6) is 0 Å². The molecule has 1 atom stereocenters. The van der Waals surface area contributed by atoms with E-state index in [0.29, 0.717) is 24.3 Å². The lowest BCUT2D eigenvalue weighted by Crippen LogP contribution is -2.62. The summed E-state index contributed by atoms with van der Waals surface area (Å²) in [6.07, 6.45) is 1.09. The maximum Gasteiger partial charge on any atom is 0.331 e. The van der Waals surface area contributed by atoms with Crippen LogP contribution in [0.3, 0.4) is 0 Å². The predicted molar refractivity (Wildman–Crippen MR) is 69.6 cm³/mol. The van der Waals surface area contributed by atoms with E-state index in [4.69, 9.17) is 0 Å². The average Bonchev–Trinajstić information content (AvgIpc) is 2.30. The Morgan fingerprint density at radius 3 is 2.32 bits per heavy atom. The van der Waals surface area contributed by atoms with E-state index in [1.807, 2.05) is 0 Å². The predicted octanol–water partition coefficient (Wildman–Crippen LogP) is 0.248. The maximum absolute atomic E-state index is 12.3. The molecule has 4 amide bonds. The molecule has 7 heteroatoms. The van der Waals surface area contributed by atoms with Crippen LogP contribution in [0, 0.1) is 11.8 Å². The van der Waals surface area contributed by atoms with Gasteiger partial charge in [0.25, 0.3) is 0 Å². The number of carbonyl (C=O) groups excluding carboxylic acids is 3. The summed E-state index contributed by atoms with van der Waals surface area (Å²) in [5.41, 5.74) is 0. The Morgan fingerprint density at radius 1 is 1.21 bits per heavy atom. The van der Waals surface area contributed by atoms with Gasteiger partial charge >= 0.3 is 6.03 Å². The van der Waals surface area contributed by atoms with Gasteiger partial charge in [-0.05, 0) is 18.8 Å². The van der Waals surface area contributed by atoms with Crippen LogP contribution in [-0.4, -0.2) is 44.5 Å². The molecule has 0 bridgehead atoms. The molecular formula is C12H18N2O4S. The smallest absolute Gasteiger partial charge is 0.277 e. The van der Waals surface area contributed by atoms with Gasteiger partial charge in [-0.15, -0.1) is 0 Å². The number of barbiturate groups is 1. The van der Waals surface area contributed by atoms with E-state index in [-0.39, 0.29) is 12.0 Å². The standard InChI is InChI=1S/C12H18N2O4S/c1-7(2)9-10(15)13-12(17)14(11(9)16)8-3-5-19(18)6-4-8/h7-9H,3-6H2,1-2H3,(H,13,15,17). The van der Waals surface area contributed by atoms with Crippen LogP contribution in [0.1, 0.15) is 26.7 Å². The average molecular weight is 286 g/mol. The van der Waals surface area contributed by atoms with E-state index in [1.54, 1.807) is 13.8 Å². The SMILES string of the molecule is CC(C)C1C(=O)NC(=O)N(C2CCS(=O)CC2)C1=O. The van der Waals surface area contributed by atoms with Gasteiger partial charge in [-0.2, -0.15) is 0 Å². The Kier molecular flexibility index (Phi) is 4.03. The number of nitrogens with one attached hydrogen (secondary N) is 1. The molecule has 2 fully saturated rings. The van der Waals surface area contributed by atoms with Crippen LogP contribution < -0.4 is 5.32 Å². The quantitative estimate of drug-likeness (QED) is 0.737. The summed E-state index contributed by atoms with van der Waals surface area (Å²) in [7, 11) is -0.849. The van der Waals surface area contributed by atoms with Gasteiger partial charge in [-0.25, -0.2) is 4.79 Å². The van der Waals surface area contributed by atoms with Crippen molar-refractivity contribution in [3.05, 3.63) is 0 Å². The molecule has 2 rings (SSSR count).